The first-order valence-corrected chi connectivity index (χ1v) is 4.71. The normalized spacial score (nSPS) is 21.2. The molecule has 0 radical (unpaired) electrons. The van der Waals surface area contributed by atoms with Crippen molar-refractivity contribution < 1.29 is 9.59 Å². The maximum absolute atomic E-state index is 11.8. The second-order valence-electron chi connectivity index (χ2n) is 3.94. The molecule has 0 saturated carbocycles. The van der Waals surface area contributed by atoms with Crippen LogP contribution < -0.4 is 11.5 Å². The lowest BCUT2D eigenvalue weighted by molar-refractivity contribution is -0.130. The van der Waals surface area contributed by atoms with Crippen LogP contribution in [0, 0.1) is 0 Å². The Morgan fingerprint density at radius 1 is 1.53 bits per heavy atom. The molecule has 15 heavy (non-hydrogen) atoms. The number of ketones is 1. The number of carbonyl (C=O) groups is 2. The quantitative estimate of drug-likeness (QED) is 0.665. The summed E-state index contributed by atoms with van der Waals surface area (Å²) in [7, 11) is 0. The van der Waals surface area contributed by atoms with Crippen molar-refractivity contribution >= 4 is 11.7 Å². The molecule has 0 aromatic heterocycles. The molecule has 5 heteroatoms. The third kappa shape index (κ3) is 2.56. The zero-order valence-electron chi connectivity index (χ0n) is 9.76. The van der Waals surface area contributed by atoms with Crippen molar-refractivity contribution in [2.24, 2.45) is 0 Å². The van der Waals surface area contributed by atoms with Crippen LogP contribution in [-0.4, -0.2) is 28.7 Å². The van der Waals surface area contributed by atoms with E-state index in [2.05, 4.69) is 5.32 Å². The molecule has 0 aromatic carbocycles. The van der Waals surface area contributed by atoms with Crippen LogP contribution in [0.15, 0.2) is 11.9 Å². The molecule has 0 atom stereocenters. The van der Waals surface area contributed by atoms with Crippen LogP contribution in [0.4, 0.5) is 0 Å². The first-order chi connectivity index (χ1) is 6.38. The second-order valence-corrected chi connectivity index (χ2v) is 3.94. The monoisotopic (exact) mass is 213 g/mol. The maximum Gasteiger partial charge on any atom is 0.253 e. The lowest BCUT2D eigenvalue weighted by Gasteiger charge is -2.15. The molecule has 86 valence electrons. The van der Waals surface area contributed by atoms with Crippen molar-refractivity contribution in [3.05, 3.63) is 11.9 Å². The summed E-state index contributed by atoms with van der Waals surface area (Å²) in [6.07, 6.45) is 1.45. The number of likely N-dealkylation sites (N-methyl/N-ethyl adjacent to an activating group) is 1. The Hall–Kier alpha value is -1.36. The van der Waals surface area contributed by atoms with Crippen molar-refractivity contribution in [1.29, 1.82) is 0 Å². The number of carbonyl (C=O) groups excluding carboxylic acids is 2. The minimum absolute atomic E-state index is 0. The van der Waals surface area contributed by atoms with E-state index in [0.717, 1.165) is 0 Å². The molecule has 4 N–H and O–H groups in total. The summed E-state index contributed by atoms with van der Waals surface area (Å²) in [4.78, 5) is 24.3. The molecule has 1 heterocycles. The SMILES string of the molecule is CCN1C(=O)C(C)(C)N/C1=C\C(C)=O.N. The average molecular weight is 213 g/mol. The third-order valence-electron chi connectivity index (χ3n) is 2.17. The lowest BCUT2D eigenvalue weighted by atomic mass is 10.1. The van der Waals surface area contributed by atoms with Gasteiger partial charge in [-0.05, 0) is 27.7 Å². The van der Waals surface area contributed by atoms with Gasteiger partial charge in [0.2, 0.25) is 0 Å². The molecule has 1 fully saturated rings. The van der Waals surface area contributed by atoms with E-state index in [0.29, 0.717) is 12.4 Å². The molecule has 1 saturated heterocycles. The molecule has 0 aromatic rings. The lowest BCUT2D eigenvalue weighted by Crippen LogP contribution is -2.40. The van der Waals surface area contributed by atoms with Gasteiger partial charge in [-0.15, -0.1) is 0 Å². The zero-order valence-corrected chi connectivity index (χ0v) is 9.76. The summed E-state index contributed by atoms with van der Waals surface area (Å²) in [5, 5.41) is 3.03. The topological polar surface area (TPSA) is 84.4 Å². The second kappa shape index (κ2) is 4.44. The molecule has 0 unspecified atom stereocenters. The summed E-state index contributed by atoms with van der Waals surface area (Å²) < 4.78 is 0. The first-order valence-electron chi connectivity index (χ1n) is 4.71. The van der Waals surface area contributed by atoms with Gasteiger partial charge in [-0.25, -0.2) is 0 Å². The summed E-state index contributed by atoms with van der Waals surface area (Å²) in [5.41, 5.74) is -0.600. The Kier molecular flexibility index (Phi) is 4.04. The van der Waals surface area contributed by atoms with Gasteiger partial charge in [-0.3, -0.25) is 14.5 Å². The van der Waals surface area contributed by atoms with Crippen LogP contribution in [0.5, 0.6) is 0 Å². The largest absolute Gasteiger partial charge is 0.358 e. The molecule has 1 aliphatic rings. The highest BCUT2D eigenvalue weighted by atomic mass is 16.2. The summed E-state index contributed by atoms with van der Waals surface area (Å²) >= 11 is 0. The smallest absolute Gasteiger partial charge is 0.253 e. The highest BCUT2D eigenvalue weighted by Crippen LogP contribution is 2.21. The Balaban J connectivity index is 0.00000196. The van der Waals surface area contributed by atoms with Crippen molar-refractivity contribution in [3.8, 4) is 0 Å². The standard InChI is InChI=1S/C10H16N2O2.H3N/c1-5-12-8(6-7(2)13)11-10(3,4)9(12)14;/h6,11H,5H2,1-4H3;1H3/b8-6+;. The number of rotatable bonds is 2. The van der Waals surface area contributed by atoms with Crippen molar-refractivity contribution in [1.82, 2.24) is 16.4 Å². The van der Waals surface area contributed by atoms with E-state index >= 15 is 0 Å². The van der Waals surface area contributed by atoms with Gasteiger partial charge in [-0.1, -0.05) is 0 Å². The van der Waals surface area contributed by atoms with Crippen molar-refractivity contribution in [3.63, 3.8) is 0 Å². The minimum Gasteiger partial charge on any atom is -0.358 e. The van der Waals surface area contributed by atoms with Gasteiger partial charge in [0.15, 0.2) is 5.78 Å². The Labute approximate surface area is 90.1 Å². The van der Waals surface area contributed by atoms with Crippen molar-refractivity contribution in [2.75, 3.05) is 6.54 Å². The van der Waals surface area contributed by atoms with Gasteiger partial charge in [0.25, 0.3) is 5.91 Å². The number of hydrogen-bond acceptors (Lipinski definition) is 4. The molecule has 0 aliphatic carbocycles. The summed E-state index contributed by atoms with van der Waals surface area (Å²) in [6.45, 7) is 7.54. The zero-order chi connectivity index (χ0) is 10.9. The van der Waals surface area contributed by atoms with Crippen molar-refractivity contribution in [2.45, 2.75) is 33.2 Å². The van der Waals surface area contributed by atoms with Gasteiger partial charge < -0.3 is 11.5 Å². The molecule has 1 rings (SSSR count). The molecular formula is C10H19N3O2. The van der Waals surface area contributed by atoms with Gasteiger partial charge >= 0.3 is 0 Å². The molecule has 0 spiro atoms. The van der Waals surface area contributed by atoms with E-state index in [9.17, 15) is 9.59 Å². The fourth-order valence-electron chi connectivity index (χ4n) is 1.51. The third-order valence-corrected chi connectivity index (χ3v) is 2.17. The Bertz CT molecular complexity index is 308. The van der Waals surface area contributed by atoms with Crippen LogP contribution >= 0.6 is 0 Å². The van der Waals surface area contributed by atoms with Gasteiger partial charge in [0, 0.05) is 12.6 Å². The number of hydrogen-bond donors (Lipinski definition) is 2. The molecule has 5 nitrogen and oxygen atoms in total. The van der Waals surface area contributed by atoms with Crippen LogP contribution in [0.2, 0.25) is 0 Å². The van der Waals surface area contributed by atoms with E-state index in [1.54, 1.807) is 18.7 Å². The summed E-state index contributed by atoms with van der Waals surface area (Å²) in [6, 6.07) is 0. The van der Waals surface area contributed by atoms with Crippen LogP contribution in [0.1, 0.15) is 27.7 Å². The highest BCUT2D eigenvalue weighted by Gasteiger charge is 2.40. The minimum atomic E-state index is -0.600. The van der Waals surface area contributed by atoms with E-state index in [4.69, 9.17) is 0 Å². The average Bonchev–Trinajstić information content (AvgIpc) is 2.22. The molecule has 1 amide bonds. The van der Waals surface area contributed by atoms with Crippen LogP contribution in [0.3, 0.4) is 0 Å². The first kappa shape index (κ1) is 13.6. The van der Waals surface area contributed by atoms with Gasteiger partial charge in [0.05, 0.1) is 0 Å². The number of nitrogens with zero attached hydrogens (tertiary/aromatic N) is 1. The van der Waals surface area contributed by atoms with Crippen LogP contribution in [0.25, 0.3) is 0 Å². The molecular weight excluding hydrogens is 194 g/mol. The maximum atomic E-state index is 11.8. The van der Waals surface area contributed by atoms with Gasteiger partial charge in [-0.2, -0.15) is 0 Å². The predicted octanol–water partition coefficient (Wildman–Crippen LogP) is 0.809. The summed E-state index contributed by atoms with van der Waals surface area (Å²) in [5.74, 6) is 0.555. The number of amides is 1. The highest BCUT2D eigenvalue weighted by molar-refractivity contribution is 5.93. The van der Waals surface area contributed by atoms with E-state index in [-0.39, 0.29) is 17.8 Å². The Morgan fingerprint density at radius 3 is 2.47 bits per heavy atom. The number of nitrogens with one attached hydrogen (secondary N) is 1. The van der Waals surface area contributed by atoms with E-state index in [1.807, 2.05) is 6.92 Å². The molecule has 0 bridgehead atoms. The van der Waals surface area contributed by atoms with Crippen LogP contribution in [-0.2, 0) is 9.59 Å². The van der Waals surface area contributed by atoms with Gasteiger partial charge in [0.1, 0.15) is 11.4 Å². The Morgan fingerprint density at radius 2 is 2.07 bits per heavy atom. The fourth-order valence-corrected chi connectivity index (χ4v) is 1.51. The van der Waals surface area contributed by atoms with E-state index < -0.39 is 5.54 Å². The number of allylic oxidation sites excluding steroid dienone is 1. The fraction of sp³-hybridized carbons (Fsp3) is 0.600. The molecule has 1 aliphatic heterocycles. The predicted molar refractivity (Wildman–Crippen MR) is 58.4 cm³/mol. The van der Waals surface area contributed by atoms with E-state index in [1.165, 1.54) is 13.0 Å².